The van der Waals surface area contributed by atoms with Gasteiger partial charge < -0.3 is 10.4 Å². The first-order valence-corrected chi connectivity index (χ1v) is 8.49. The van der Waals surface area contributed by atoms with Crippen molar-refractivity contribution in [2.45, 2.75) is 38.1 Å². The number of nitrogens with zero attached hydrogens (tertiary/aromatic N) is 1. The van der Waals surface area contributed by atoms with E-state index in [2.05, 4.69) is 10.3 Å². The van der Waals surface area contributed by atoms with E-state index in [4.69, 9.17) is 11.6 Å². The predicted molar refractivity (Wildman–Crippen MR) is 94.9 cm³/mol. The number of aromatic hydroxyl groups is 1. The van der Waals surface area contributed by atoms with Crippen molar-refractivity contribution in [1.82, 2.24) is 10.3 Å². The molecule has 2 aromatic rings. The molecule has 1 aromatic heterocycles. The lowest BCUT2D eigenvalue weighted by Crippen LogP contribution is -2.34. The summed E-state index contributed by atoms with van der Waals surface area (Å²) in [5, 5.41) is 13.2. The number of carbonyl (C=O) groups is 2. The molecular weight excluding hydrogens is 340 g/mol. The summed E-state index contributed by atoms with van der Waals surface area (Å²) in [4.78, 5) is 28.6. The van der Waals surface area contributed by atoms with Crippen LogP contribution in [-0.2, 0) is 17.6 Å². The number of hydrogen-bond donors (Lipinski definition) is 2. The second kappa shape index (κ2) is 6.84. The number of carbonyl (C=O) groups excluding carboxylic acids is 2. The fraction of sp³-hybridized carbons (Fsp3) is 0.316. The molecule has 0 unspecified atom stereocenters. The highest BCUT2D eigenvalue weighted by atomic mass is 35.5. The highest BCUT2D eigenvalue weighted by Gasteiger charge is 2.39. The Morgan fingerprint density at radius 2 is 2.00 bits per heavy atom. The van der Waals surface area contributed by atoms with Crippen LogP contribution in [0.2, 0.25) is 5.02 Å². The van der Waals surface area contributed by atoms with E-state index >= 15 is 0 Å². The van der Waals surface area contributed by atoms with Crippen molar-refractivity contribution in [3.63, 3.8) is 0 Å². The fourth-order valence-electron chi connectivity index (χ4n) is 2.56. The van der Waals surface area contributed by atoms with Gasteiger partial charge in [-0.2, -0.15) is 0 Å². The molecule has 1 heterocycles. The van der Waals surface area contributed by atoms with Crippen LogP contribution in [0.15, 0.2) is 36.5 Å². The molecule has 5 nitrogen and oxygen atoms in total. The number of halogens is 1. The molecule has 1 aliphatic carbocycles. The van der Waals surface area contributed by atoms with Crippen LogP contribution in [0.25, 0.3) is 0 Å². The van der Waals surface area contributed by atoms with E-state index in [0.717, 1.165) is 12.8 Å². The number of phenolic OH excluding ortho intramolecular Hbond substituents is 1. The predicted octanol–water partition coefficient (Wildman–Crippen LogP) is 3.08. The molecule has 25 heavy (non-hydrogen) atoms. The second-order valence-corrected chi connectivity index (χ2v) is 7.17. The zero-order valence-electron chi connectivity index (χ0n) is 13.9. The Labute approximate surface area is 151 Å². The summed E-state index contributed by atoms with van der Waals surface area (Å²) in [7, 11) is 0. The maximum atomic E-state index is 12.3. The van der Waals surface area contributed by atoms with E-state index in [-0.39, 0.29) is 35.8 Å². The summed E-state index contributed by atoms with van der Waals surface area (Å²) in [5.41, 5.74) is 1.40. The van der Waals surface area contributed by atoms with Gasteiger partial charge in [-0.05, 0) is 55.7 Å². The molecule has 0 aliphatic heterocycles. The monoisotopic (exact) mass is 358 g/mol. The Bertz CT molecular complexity index is 831. The van der Waals surface area contributed by atoms with Gasteiger partial charge in [0.1, 0.15) is 17.2 Å². The van der Waals surface area contributed by atoms with E-state index in [1.54, 1.807) is 24.3 Å². The van der Waals surface area contributed by atoms with Gasteiger partial charge in [-0.1, -0.05) is 11.6 Å². The van der Waals surface area contributed by atoms with Gasteiger partial charge in [0.15, 0.2) is 0 Å². The van der Waals surface area contributed by atoms with Gasteiger partial charge in [0.25, 0.3) is 5.91 Å². The Morgan fingerprint density at radius 3 is 2.72 bits per heavy atom. The zero-order chi connectivity index (χ0) is 18.0. The molecule has 1 amide bonds. The molecular formula is C19H19ClN2O3. The summed E-state index contributed by atoms with van der Waals surface area (Å²) >= 11 is 5.90. The molecule has 130 valence electrons. The minimum Gasteiger partial charge on any atom is -0.508 e. The zero-order valence-corrected chi connectivity index (χ0v) is 14.6. The van der Waals surface area contributed by atoms with Gasteiger partial charge in [0.05, 0.1) is 0 Å². The van der Waals surface area contributed by atoms with Gasteiger partial charge >= 0.3 is 0 Å². The van der Waals surface area contributed by atoms with Crippen LogP contribution in [0.3, 0.4) is 0 Å². The number of Topliss-reactive ketones (excluding diaryl/α,β-unsaturated/α-hetero) is 1. The van der Waals surface area contributed by atoms with E-state index in [0.29, 0.717) is 21.8 Å². The number of ketones is 1. The van der Waals surface area contributed by atoms with Crippen molar-refractivity contribution in [2.75, 3.05) is 0 Å². The smallest absolute Gasteiger partial charge is 0.270 e. The third kappa shape index (κ3) is 4.57. The van der Waals surface area contributed by atoms with Crippen LogP contribution >= 0.6 is 11.6 Å². The van der Waals surface area contributed by atoms with Crippen LogP contribution in [-0.4, -0.2) is 27.3 Å². The summed E-state index contributed by atoms with van der Waals surface area (Å²) < 4.78 is 0. The van der Waals surface area contributed by atoms with Crippen LogP contribution in [0, 0.1) is 0 Å². The van der Waals surface area contributed by atoms with Gasteiger partial charge in [-0.3, -0.25) is 14.6 Å². The van der Waals surface area contributed by atoms with Gasteiger partial charge in [0, 0.05) is 35.2 Å². The van der Waals surface area contributed by atoms with E-state index in [9.17, 15) is 14.7 Å². The Hall–Kier alpha value is -2.40. The van der Waals surface area contributed by atoms with E-state index < -0.39 is 0 Å². The number of pyridine rings is 1. The van der Waals surface area contributed by atoms with E-state index in [1.165, 1.54) is 12.3 Å². The Morgan fingerprint density at radius 1 is 1.24 bits per heavy atom. The topological polar surface area (TPSA) is 79.3 Å². The Kier molecular flexibility index (Phi) is 4.77. The number of aromatic nitrogens is 1. The first-order chi connectivity index (χ1) is 11.8. The largest absolute Gasteiger partial charge is 0.508 e. The molecule has 0 spiro atoms. The van der Waals surface area contributed by atoms with Crippen molar-refractivity contribution in [2.24, 2.45) is 0 Å². The van der Waals surface area contributed by atoms with Crippen molar-refractivity contribution < 1.29 is 14.7 Å². The number of nitrogens with one attached hydrogen (secondary N) is 1. The fourth-order valence-corrected chi connectivity index (χ4v) is 2.75. The van der Waals surface area contributed by atoms with Crippen molar-refractivity contribution in [1.29, 1.82) is 0 Å². The lowest BCUT2D eigenvalue weighted by atomic mass is 10.0. The van der Waals surface area contributed by atoms with E-state index in [1.807, 2.05) is 6.92 Å². The van der Waals surface area contributed by atoms with Crippen molar-refractivity contribution in [3.05, 3.63) is 58.4 Å². The van der Waals surface area contributed by atoms with Crippen LogP contribution in [0.5, 0.6) is 5.75 Å². The number of phenols is 1. The highest BCUT2D eigenvalue weighted by Crippen LogP contribution is 2.34. The summed E-state index contributed by atoms with van der Waals surface area (Å²) in [6.07, 6.45) is 3.71. The SMILES string of the molecule is CC1(NC(=O)c2cc(CC(=O)Cc3cc(Cl)ccc3O)ccn2)CC1. The molecule has 6 heteroatoms. The maximum Gasteiger partial charge on any atom is 0.270 e. The molecule has 0 bridgehead atoms. The molecule has 1 saturated carbocycles. The molecule has 0 saturated heterocycles. The number of benzene rings is 1. The van der Waals surface area contributed by atoms with Gasteiger partial charge in [-0.25, -0.2) is 0 Å². The summed E-state index contributed by atoms with van der Waals surface area (Å²) in [5.74, 6) is -0.253. The Balaban J connectivity index is 1.66. The van der Waals surface area contributed by atoms with Crippen LogP contribution in [0.4, 0.5) is 0 Å². The maximum absolute atomic E-state index is 12.3. The quantitative estimate of drug-likeness (QED) is 0.831. The molecule has 3 rings (SSSR count). The van der Waals surface area contributed by atoms with Gasteiger partial charge in [-0.15, -0.1) is 0 Å². The molecule has 0 radical (unpaired) electrons. The molecule has 1 aliphatic rings. The molecule has 0 atom stereocenters. The lowest BCUT2D eigenvalue weighted by Gasteiger charge is -2.11. The van der Waals surface area contributed by atoms with Crippen LogP contribution < -0.4 is 5.32 Å². The highest BCUT2D eigenvalue weighted by molar-refractivity contribution is 6.30. The summed E-state index contributed by atoms with van der Waals surface area (Å²) in [6.45, 7) is 2.00. The van der Waals surface area contributed by atoms with Crippen LogP contribution in [0.1, 0.15) is 41.4 Å². The third-order valence-electron chi connectivity index (χ3n) is 4.30. The standard InChI is InChI=1S/C19H19ClN2O3/c1-19(5-6-19)22-18(25)16-9-12(4-7-21-16)8-15(23)11-13-10-14(20)2-3-17(13)24/h2-4,7,9-10,24H,5-6,8,11H2,1H3,(H,22,25). The summed E-state index contributed by atoms with van der Waals surface area (Å²) in [6, 6.07) is 7.97. The average Bonchev–Trinajstić information content (AvgIpc) is 3.28. The third-order valence-corrected chi connectivity index (χ3v) is 4.54. The number of rotatable bonds is 6. The van der Waals surface area contributed by atoms with Gasteiger partial charge in [0.2, 0.25) is 0 Å². The average molecular weight is 359 g/mol. The normalized spacial score (nSPS) is 14.8. The minimum atomic E-state index is -0.221. The first-order valence-electron chi connectivity index (χ1n) is 8.11. The van der Waals surface area contributed by atoms with Crippen molar-refractivity contribution >= 4 is 23.3 Å². The molecule has 1 aromatic carbocycles. The lowest BCUT2D eigenvalue weighted by molar-refractivity contribution is -0.117. The first kappa shape index (κ1) is 17.4. The minimum absolute atomic E-state index is 0.0465. The second-order valence-electron chi connectivity index (χ2n) is 6.73. The number of hydrogen-bond acceptors (Lipinski definition) is 4. The molecule has 2 N–H and O–H groups in total. The molecule has 1 fully saturated rings. The number of amides is 1. The van der Waals surface area contributed by atoms with Crippen molar-refractivity contribution in [3.8, 4) is 5.75 Å².